The Balaban J connectivity index is 3.44. The Labute approximate surface area is 107 Å². The van der Waals surface area contributed by atoms with Crippen LogP contribution in [0.1, 0.15) is 17.3 Å². The average molecular weight is 294 g/mol. The molecule has 1 rings (SSSR count). The molecule has 0 saturated carbocycles. The minimum absolute atomic E-state index is 0.0393. The van der Waals surface area contributed by atoms with Gasteiger partial charge in [0.25, 0.3) is 14.7 Å². The molecule has 0 aromatic heterocycles. The summed E-state index contributed by atoms with van der Waals surface area (Å²) in [6.45, 7) is 1.58. The van der Waals surface area contributed by atoms with Crippen molar-refractivity contribution in [2.75, 3.05) is 6.61 Å². The van der Waals surface area contributed by atoms with Crippen molar-refractivity contribution in [1.29, 1.82) is 0 Å². The molecule has 0 spiro atoms. The van der Waals surface area contributed by atoms with Crippen LogP contribution in [0.25, 0.3) is 0 Å². The van der Waals surface area contributed by atoms with Crippen LogP contribution in [-0.2, 0) is 13.8 Å². The van der Waals surface area contributed by atoms with E-state index >= 15 is 0 Å². The number of carbonyl (C=O) groups is 1. The van der Waals surface area contributed by atoms with E-state index in [0.29, 0.717) is 6.07 Å². The molecule has 0 amide bonds. The van der Waals surface area contributed by atoms with Gasteiger partial charge in [0, 0.05) is 22.8 Å². The molecule has 9 heteroatoms. The van der Waals surface area contributed by atoms with Crippen LogP contribution in [0.15, 0.2) is 23.1 Å². The van der Waals surface area contributed by atoms with E-state index in [-0.39, 0.29) is 12.2 Å². The summed E-state index contributed by atoms with van der Waals surface area (Å²) < 4.78 is 27.2. The fraction of sp³-hybridized carbons (Fsp3) is 0.222. The van der Waals surface area contributed by atoms with Gasteiger partial charge in [0.05, 0.1) is 17.1 Å². The van der Waals surface area contributed by atoms with Crippen LogP contribution >= 0.6 is 10.7 Å². The van der Waals surface area contributed by atoms with E-state index in [1.54, 1.807) is 0 Å². The van der Waals surface area contributed by atoms with E-state index in [2.05, 4.69) is 4.74 Å². The Morgan fingerprint density at radius 3 is 2.56 bits per heavy atom. The highest BCUT2D eigenvalue weighted by molar-refractivity contribution is 8.13. The topological polar surface area (TPSA) is 104 Å². The molecule has 0 fully saturated rings. The van der Waals surface area contributed by atoms with Crippen molar-refractivity contribution in [3.63, 3.8) is 0 Å². The summed E-state index contributed by atoms with van der Waals surface area (Å²) in [7, 11) is 0.841. The van der Waals surface area contributed by atoms with Crippen LogP contribution in [0, 0.1) is 10.1 Å². The van der Waals surface area contributed by atoms with Crippen LogP contribution in [0.2, 0.25) is 0 Å². The van der Waals surface area contributed by atoms with Gasteiger partial charge in [-0.05, 0) is 13.0 Å². The number of nitrogens with zero attached hydrogens (tertiary/aromatic N) is 1. The molecule has 1 aromatic carbocycles. The number of ether oxygens (including phenoxy) is 1. The number of non-ortho nitro benzene ring substituents is 1. The minimum Gasteiger partial charge on any atom is -0.462 e. The van der Waals surface area contributed by atoms with Gasteiger partial charge in [0.15, 0.2) is 0 Å². The highest BCUT2D eigenvalue weighted by Gasteiger charge is 2.24. The Morgan fingerprint density at radius 2 is 2.11 bits per heavy atom. The molecule has 0 aliphatic heterocycles. The fourth-order valence-electron chi connectivity index (χ4n) is 1.20. The van der Waals surface area contributed by atoms with Gasteiger partial charge in [0.1, 0.15) is 4.90 Å². The molecule has 0 bridgehead atoms. The number of nitro groups is 1. The van der Waals surface area contributed by atoms with E-state index in [1.807, 2.05) is 0 Å². The Bertz CT molecular complexity index is 597. The monoisotopic (exact) mass is 293 g/mol. The standard InChI is InChI=1S/C9H8ClNO6S/c1-2-17-9(12)7-4-3-6(11(13)14)5-8(7)18(10,15)16/h3-5H,2H2,1H3. The molecule has 0 radical (unpaired) electrons. The Hall–Kier alpha value is -1.67. The van der Waals surface area contributed by atoms with Crippen LogP contribution in [0.4, 0.5) is 5.69 Å². The lowest BCUT2D eigenvalue weighted by molar-refractivity contribution is -0.385. The SMILES string of the molecule is CCOC(=O)c1ccc([N+](=O)[O-])cc1S(=O)(=O)Cl. The van der Waals surface area contributed by atoms with Gasteiger partial charge in [-0.1, -0.05) is 0 Å². The number of esters is 1. The summed E-state index contributed by atoms with van der Waals surface area (Å²) in [5.74, 6) is -0.911. The molecule has 0 atom stereocenters. The molecule has 0 unspecified atom stereocenters. The normalized spacial score (nSPS) is 11.0. The first kappa shape index (κ1) is 14.4. The minimum atomic E-state index is -4.29. The van der Waals surface area contributed by atoms with Crippen molar-refractivity contribution in [1.82, 2.24) is 0 Å². The van der Waals surface area contributed by atoms with Gasteiger partial charge in [0.2, 0.25) is 0 Å². The average Bonchev–Trinajstić information content (AvgIpc) is 2.27. The lowest BCUT2D eigenvalue weighted by atomic mass is 10.2. The summed E-state index contributed by atoms with van der Waals surface area (Å²) in [6.07, 6.45) is 0. The van der Waals surface area contributed by atoms with Gasteiger partial charge in [-0.15, -0.1) is 0 Å². The first-order valence-corrected chi connectivity index (χ1v) is 6.98. The molecule has 7 nitrogen and oxygen atoms in total. The fourth-order valence-corrected chi connectivity index (χ4v) is 2.26. The van der Waals surface area contributed by atoms with Crippen molar-refractivity contribution in [2.45, 2.75) is 11.8 Å². The van der Waals surface area contributed by atoms with E-state index in [0.717, 1.165) is 12.1 Å². The molecule has 98 valence electrons. The highest BCUT2D eigenvalue weighted by atomic mass is 35.7. The van der Waals surface area contributed by atoms with E-state index in [4.69, 9.17) is 10.7 Å². The molecular formula is C9H8ClNO6S. The molecular weight excluding hydrogens is 286 g/mol. The third-order valence-electron chi connectivity index (χ3n) is 1.93. The zero-order valence-electron chi connectivity index (χ0n) is 9.12. The lowest BCUT2D eigenvalue weighted by Crippen LogP contribution is -2.10. The van der Waals surface area contributed by atoms with Crippen LogP contribution in [-0.4, -0.2) is 25.9 Å². The molecule has 0 saturated heterocycles. The number of hydrogen-bond donors (Lipinski definition) is 0. The predicted octanol–water partition coefficient (Wildman–Crippen LogP) is 1.70. The molecule has 1 aromatic rings. The van der Waals surface area contributed by atoms with Gasteiger partial charge >= 0.3 is 5.97 Å². The maximum Gasteiger partial charge on any atom is 0.339 e. The van der Waals surface area contributed by atoms with Crippen molar-refractivity contribution in [3.05, 3.63) is 33.9 Å². The van der Waals surface area contributed by atoms with Gasteiger partial charge in [-0.3, -0.25) is 10.1 Å². The van der Waals surface area contributed by atoms with Gasteiger partial charge in [-0.2, -0.15) is 0 Å². The van der Waals surface area contributed by atoms with E-state index in [1.165, 1.54) is 6.92 Å². The summed E-state index contributed by atoms with van der Waals surface area (Å²) in [5, 5.41) is 10.5. The first-order chi connectivity index (χ1) is 8.27. The van der Waals surface area contributed by atoms with Crippen LogP contribution < -0.4 is 0 Å². The second-order valence-electron chi connectivity index (χ2n) is 3.10. The predicted molar refractivity (Wildman–Crippen MR) is 62.1 cm³/mol. The Kier molecular flexibility index (Phi) is 4.25. The smallest absolute Gasteiger partial charge is 0.339 e. The Morgan fingerprint density at radius 1 is 1.50 bits per heavy atom. The van der Waals surface area contributed by atoms with Crippen molar-refractivity contribution in [3.8, 4) is 0 Å². The maximum atomic E-state index is 11.5. The number of benzene rings is 1. The summed E-state index contributed by atoms with van der Waals surface area (Å²) >= 11 is 0. The van der Waals surface area contributed by atoms with Gasteiger partial charge in [-0.25, -0.2) is 13.2 Å². The van der Waals surface area contributed by atoms with Crippen LogP contribution in [0.3, 0.4) is 0 Å². The number of carbonyl (C=O) groups excluding carboxylic acids is 1. The second-order valence-corrected chi connectivity index (χ2v) is 5.63. The quantitative estimate of drug-likeness (QED) is 0.362. The molecule has 18 heavy (non-hydrogen) atoms. The van der Waals surface area contributed by atoms with Crippen molar-refractivity contribution < 1.29 is 22.9 Å². The zero-order chi connectivity index (χ0) is 13.9. The summed E-state index contributed by atoms with van der Waals surface area (Å²) in [5.41, 5.74) is -0.820. The second kappa shape index (κ2) is 5.32. The maximum absolute atomic E-state index is 11.5. The highest BCUT2D eigenvalue weighted by Crippen LogP contribution is 2.25. The molecule has 0 N–H and O–H groups in total. The van der Waals surface area contributed by atoms with Crippen LogP contribution in [0.5, 0.6) is 0 Å². The number of halogens is 1. The molecule has 0 aliphatic carbocycles. The van der Waals surface area contributed by atoms with Crippen molar-refractivity contribution >= 4 is 31.4 Å². The largest absolute Gasteiger partial charge is 0.462 e. The summed E-state index contributed by atoms with van der Waals surface area (Å²) in [6, 6.07) is 2.71. The third kappa shape index (κ3) is 3.17. The first-order valence-electron chi connectivity index (χ1n) is 4.67. The number of rotatable bonds is 4. The molecule has 0 heterocycles. The lowest BCUT2D eigenvalue weighted by Gasteiger charge is -2.05. The molecule has 0 aliphatic rings. The number of hydrogen-bond acceptors (Lipinski definition) is 6. The summed E-state index contributed by atoms with van der Waals surface area (Å²) in [4.78, 5) is 20.6. The van der Waals surface area contributed by atoms with Crippen molar-refractivity contribution in [2.24, 2.45) is 0 Å². The third-order valence-corrected chi connectivity index (χ3v) is 3.30. The number of nitro benzene ring substituents is 1. The van der Waals surface area contributed by atoms with E-state index < -0.39 is 30.5 Å². The van der Waals surface area contributed by atoms with Gasteiger partial charge < -0.3 is 4.74 Å². The zero-order valence-corrected chi connectivity index (χ0v) is 10.7. The van der Waals surface area contributed by atoms with E-state index in [9.17, 15) is 23.3 Å².